The maximum atomic E-state index is 11.1. The lowest BCUT2D eigenvalue weighted by molar-refractivity contribution is -0.118. The van der Waals surface area contributed by atoms with Crippen molar-refractivity contribution in [2.75, 3.05) is 13.1 Å². The Kier molecular flexibility index (Phi) is 4.01. The molecule has 0 heterocycles. The molecular weight excluding hydrogens is 150 g/mol. The van der Waals surface area contributed by atoms with Crippen LogP contribution in [0.15, 0.2) is 12.7 Å². The van der Waals surface area contributed by atoms with Crippen LogP contribution in [0.4, 0.5) is 0 Å². The van der Waals surface area contributed by atoms with E-state index in [1.807, 2.05) is 0 Å². The van der Waals surface area contributed by atoms with Gasteiger partial charge in [-0.3, -0.25) is 4.79 Å². The third kappa shape index (κ3) is 4.29. The molecular formula is C10H17NO. The molecule has 1 saturated carbocycles. The topological polar surface area (TPSA) is 29.1 Å². The van der Waals surface area contributed by atoms with Crippen molar-refractivity contribution in [3.05, 3.63) is 12.7 Å². The van der Waals surface area contributed by atoms with Crippen molar-refractivity contribution in [1.82, 2.24) is 5.32 Å². The van der Waals surface area contributed by atoms with Crippen LogP contribution < -0.4 is 5.32 Å². The van der Waals surface area contributed by atoms with Crippen LogP contribution in [0.1, 0.15) is 25.7 Å². The Labute approximate surface area is 74.0 Å². The second-order valence-electron chi connectivity index (χ2n) is 3.44. The van der Waals surface area contributed by atoms with Crippen LogP contribution >= 0.6 is 0 Å². The van der Waals surface area contributed by atoms with Crippen molar-refractivity contribution in [3.8, 4) is 0 Å². The van der Waals surface area contributed by atoms with Crippen LogP contribution in [0.3, 0.4) is 0 Å². The van der Waals surface area contributed by atoms with E-state index in [-0.39, 0.29) is 0 Å². The lowest BCUT2D eigenvalue weighted by Crippen LogP contribution is -2.24. The quantitative estimate of drug-likeness (QED) is 0.582. The molecule has 2 heteroatoms. The first-order chi connectivity index (χ1) is 5.83. The van der Waals surface area contributed by atoms with Crippen molar-refractivity contribution in [2.45, 2.75) is 25.7 Å². The highest BCUT2D eigenvalue weighted by molar-refractivity contribution is 5.80. The Morgan fingerprint density at radius 1 is 1.58 bits per heavy atom. The molecule has 1 fully saturated rings. The van der Waals surface area contributed by atoms with E-state index in [0.717, 1.165) is 18.9 Å². The van der Waals surface area contributed by atoms with Gasteiger partial charge in [0.2, 0.25) is 0 Å². The summed E-state index contributed by atoms with van der Waals surface area (Å²) in [6.07, 6.45) is 5.92. The lowest BCUT2D eigenvalue weighted by atomic mass is 10.2. The number of carbonyl (C=O) groups excluding carboxylic acids is 1. The Morgan fingerprint density at radius 2 is 2.33 bits per heavy atom. The van der Waals surface area contributed by atoms with Gasteiger partial charge in [0.25, 0.3) is 0 Å². The second kappa shape index (κ2) is 5.09. The molecule has 0 aromatic rings. The minimum absolute atomic E-state index is 0.301. The largest absolute Gasteiger partial charge is 0.310 e. The van der Waals surface area contributed by atoms with Crippen LogP contribution in [0, 0.1) is 5.92 Å². The summed E-state index contributed by atoms with van der Waals surface area (Å²) in [4.78, 5) is 11.1. The summed E-state index contributed by atoms with van der Waals surface area (Å²) >= 11 is 0. The Hall–Kier alpha value is -0.630. The smallest absolute Gasteiger partial charge is 0.146 e. The second-order valence-corrected chi connectivity index (χ2v) is 3.44. The standard InChI is InChI=1S/C10H17NO/c1-2-3-4-10(12)8-11-7-9-5-6-9/h2,9,11H,1,3-8H2. The number of nitrogens with one attached hydrogen (secondary N) is 1. The van der Waals surface area contributed by atoms with E-state index in [9.17, 15) is 4.79 Å². The molecule has 0 aliphatic heterocycles. The molecule has 1 aliphatic carbocycles. The number of ketones is 1. The van der Waals surface area contributed by atoms with Gasteiger partial charge in [0, 0.05) is 6.42 Å². The molecule has 0 spiro atoms. The number of rotatable bonds is 7. The molecule has 0 amide bonds. The molecule has 0 aromatic carbocycles. The first kappa shape index (κ1) is 9.46. The third-order valence-corrected chi connectivity index (χ3v) is 2.08. The average Bonchev–Trinajstić information content (AvgIpc) is 2.84. The highest BCUT2D eigenvalue weighted by Gasteiger charge is 2.20. The van der Waals surface area contributed by atoms with Gasteiger partial charge in [0.15, 0.2) is 0 Å². The number of hydrogen-bond acceptors (Lipinski definition) is 2. The third-order valence-electron chi connectivity index (χ3n) is 2.08. The van der Waals surface area contributed by atoms with Gasteiger partial charge in [-0.2, -0.15) is 0 Å². The summed E-state index contributed by atoms with van der Waals surface area (Å²) in [7, 11) is 0. The van der Waals surface area contributed by atoms with Gasteiger partial charge in [-0.15, -0.1) is 6.58 Å². The molecule has 68 valence electrons. The lowest BCUT2D eigenvalue weighted by Gasteiger charge is -2.00. The number of Topliss-reactive ketones (excluding diaryl/α,β-unsaturated/α-hetero) is 1. The molecule has 12 heavy (non-hydrogen) atoms. The van der Waals surface area contributed by atoms with Gasteiger partial charge in [-0.1, -0.05) is 6.08 Å². The summed E-state index contributed by atoms with van der Waals surface area (Å²) in [6, 6.07) is 0. The maximum Gasteiger partial charge on any atom is 0.146 e. The van der Waals surface area contributed by atoms with Crippen molar-refractivity contribution in [3.63, 3.8) is 0 Å². The number of hydrogen-bond donors (Lipinski definition) is 1. The van der Waals surface area contributed by atoms with Crippen LogP contribution in [0.25, 0.3) is 0 Å². The molecule has 0 aromatic heterocycles. The van der Waals surface area contributed by atoms with Gasteiger partial charge in [0.05, 0.1) is 6.54 Å². The Morgan fingerprint density at radius 3 is 2.92 bits per heavy atom. The van der Waals surface area contributed by atoms with Crippen molar-refractivity contribution < 1.29 is 4.79 Å². The van der Waals surface area contributed by atoms with E-state index in [1.54, 1.807) is 6.08 Å². The number of allylic oxidation sites excluding steroid dienone is 1. The molecule has 1 rings (SSSR count). The minimum Gasteiger partial charge on any atom is -0.310 e. The van der Waals surface area contributed by atoms with Gasteiger partial charge in [-0.25, -0.2) is 0 Å². The Bertz CT molecular complexity index is 161. The Balaban J connectivity index is 1.89. The summed E-state index contributed by atoms with van der Waals surface area (Å²) in [5, 5.41) is 3.17. The van der Waals surface area contributed by atoms with E-state index in [2.05, 4.69) is 11.9 Å². The predicted molar refractivity (Wildman–Crippen MR) is 50.0 cm³/mol. The molecule has 2 nitrogen and oxygen atoms in total. The van der Waals surface area contributed by atoms with Crippen LogP contribution in [0.5, 0.6) is 0 Å². The van der Waals surface area contributed by atoms with Crippen molar-refractivity contribution >= 4 is 5.78 Å². The molecule has 1 N–H and O–H groups in total. The normalized spacial score (nSPS) is 16.0. The zero-order valence-corrected chi connectivity index (χ0v) is 7.51. The highest BCUT2D eigenvalue weighted by Crippen LogP contribution is 2.27. The fraction of sp³-hybridized carbons (Fsp3) is 0.700. The van der Waals surface area contributed by atoms with E-state index >= 15 is 0 Å². The molecule has 0 atom stereocenters. The average molecular weight is 167 g/mol. The first-order valence-corrected chi connectivity index (χ1v) is 4.66. The molecule has 0 unspecified atom stereocenters. The van der Waals surface area contributed by atoms with Gasteiger partial charge >= 0.3 is 0 Å². The number of carbonyl (C=O) groups is 1. The molecule has 0 radical (unpaired) electrons. The van der Waals surface area contributed by atoms with Crippen molar-refractivity contribution in [1.29, 1.82) is 0 Å². The fourth-order valence-electron chi connectivity index (χ4n) is 1.09. The zero-order valence-electron chi connectivity index (χ0n) is 7.51. The summed E-state index contributed by atoms with van der Waals surface area (Å²) in [5.74, 6) is 1.16. The fourth-order valence-corrected chi connectivity index (χ4v) is 1.09. The predicted octanol–water partition coefficient (Wildman–Crippen LogP) is 1.52. The first-order valence-electron chi connectivity index (χ1n) is 4.66. The SMILES string of the molecule is C=CCCC(=O)CNCC1CC1. The van der Waals surface area contributed by atoms with Crippen LogP contribution in [-0.4, -0.2) is 18.9 Å². The molecule has 1 aliphatic rings. The maximum absolute atomic E-state index is 11.1. The summed E-state index contributed by atoms with van der Waals surface area (Å²) in [5.41, 5.74) is 0. The van der Waals surface area contributed by atoms with E-state index in [4.69, 9.17) is 0 Å². The zero-order chi connectivity index (χ0) is 8.81. The monoisotopic (exact) mass is 167 g/mol. The van der Waals surface area contributed by atoms with Crippen LogP contribution in [0.2, 0.25) is 0 Å². The summed E-state index contributed by atoms with van der Waals surface area (Å²) in [6.45, 7) is 5.15. The van der Waals surface area contributed by atoms with E-state index in [0.29, 0.717) is 18.7 Å². The van der Waals surface area contributed by atoms with Gasteiger partial charge < -0.3 is 5.32 Å². The van der Waals surface area contributed by atoms with Crippen molar-refractivity contribution in [2.24, 2.45) is 5.92 Å². The van der Waals surface area contributed by atoms with Gasteiger partial charge in [-0.05, 0) is 31.7 Å². The minimum atomic E-state index is 0.301. The molecule has 0 saturated heterocycles. The van der Waals surface area contributed by atoms with E-state index in [1.165, 1.54) is 12.8 Å². The molecule has 0 bridgehead atoms. The van der Waals surface area contributed by atoms with E-state index < -0.39 is 0 Å². The van der Waals surface area contributed by atoms with Gasteiger partial charge in [0.1, 0.15) is 5.78 Å². The summed E-state index contributed by atoms with van der Waals surface area (Å²) < 4.78 is 0. The van der Waals surface area contributed by atoms with Crippen LogP contribution in [-0.2, 0) is 4.79 Å². The highest BCUT2D eigenvalue weighted by atomic mass is 16.1.